The van der Waals surface area contributed by atoms with Gasteiger partial charge >= 0.3 is 5.97 Å². The molecule has 3 N–H and O–H groups in total. The molecule has 1 aromatic heterocycles. The maximum absolute atomic E-state index is 10.5. The van der Waals surface area contributed by atoms with Crippen molar-refractivity contribution in [3.63, 3.8) is 0 Å². The van der Waals surface area contributed by atoms with Crippen molar-refractivity contribution in [2.45, 2.75) is 25.3 Å². The molecule has 0 fully saturated rings. The smallest absolute Gasteiger partial charge is 0.320 e. The van der Waals surface area contributed by atoms with Gasteiger partial charge in [0.15, 0.2) is 0 Å². The summed E-state index contributed by atoms with van der Waals surface area (Å²) in [6.07, 6.45) is 4.00. The third-order valence-corrected chi connectivity index (χ3v) is 2.62. The number of nitrogens with two attached hydrogens (primary N) is 1. The Morgan fingerprint density at radius 1 is 1.53 bits per heavy atom. The summed E-state index contributed by atoms with van der Waals surface area (Å²) >= 11 is 0. The topological polar surface area (TPSA) is 79.5 Å². The van der Waals surface area contributed by atoms with Gasteiger partial charge in [-0.3, -0.25) is 4.79 Å². The molecule has 94 valence electrons. The number of aliphatic carboxylic acids is 1. The summed E-state index contributed by atoms with van der Waals surface area (Å²) in [6, 6.07) is 5.03. The van der Waals surface area contributed by atoms with E-state index in [-0.39, 0.29) is 0 Å². The number of aromatic nitrogens is 1. The summed E-state index contributed by atoms with van der Waals surface area (Å²) < 4.78 is 0. The highest BCUT2D eigenvalue weighted by Crippen LogP contribution is 2.08. The van der Waals surface area contributed by atoms with Crippen LogP contribution in [-0.2, 0) is 4.79 Å². The van der Waals surface area contributed by atoms with E-state index in [0.717, 1.165) is 25.2 Å². The zero-order valence-corrected chi connectivity index (χ0v) is 10.0. The normalized spacial score (nSPS) is 12.1. The van der Waals surface area contributed by atoms with E-state index in [1.165, 1.54) is 0 Å². The van der Waals surface area contributed by atoms with Crippen LogP contribution in [0.2, 0.25) is 0 Å². The van der Waals surface area contributed by atoms with Crippen LogP contribution in [0, 0.1) is 0 Å². The number of rotatable bonds is 7. The number of hydrogen-bond acceptors (Lipinski definition) is 4. The predicted octanol–water partition coefficient (Wildman–Crippen LogP) is 1.10. The van der Waals surface area contributed by atoms with Crippen molar-refractivity contribution in [1.82, 2.24) is 4.98 Å². The molecule has 0 saturated heterocycles. The van der Waals surface area contributed by atoms with Gasteiger partial charge in [-0.1, -0.05) is 6.07 Å². The first-order valence-corrected chi connectivity index (χ1v) is 5.72. The Hall–Kier alpha value is -1.62. The molecule has 1 heterocycles. The van der Waals surface area contributed by atoms with E-state index >= 15 is 0 Å². The fourth-order valence-corrected chi connectivity index (χ4v) is 1.53. The molecule has 1 aromatic rings. The van der Waals surface area contributed by atoms with Gasteiger partial charge in [0.2, 0.25) is 0 Å². The number of carbonyl (C=O) groups is 1. The SMILES string of the molecule is CN(CCCC[C@H](N)C(=O)O)c1ccccn1. The maximum Gasteiger partial charge on any atom is 0.320 e. The van der Waals surface area contributed by atoms with Gasteiger partial charge in [-0.15, -0.1) is 0 Å². The van der Waals surface area contributed by atoms with Gasteiger partial charge in [0.25, 0.3) is 0 Å². The number of pyridine rings is 1. The summed E-state index contributed by atoms with van der Waals surface area (Å²) in [5.74, 6) is -0.00175. The summed E-state index contributed by atoms with van der Waals surface area (Å²) in [7, 11) is 1.97. The van der Waals surface area contributed by atoms with Crippen molar-refractivity contribution in [3.05, 3.63) is 24.4 Å². The van der Waals surface area contributed by atoms with Crippen molar-refractivity contribution in [3.8, 4) is 0 Å². The molecule has 0 spiro atoms. The van der Waals surface area contributed by atoms with Crippen LogP contribution in [0.5, 0.6) is 0 Å². The molecule has 0 aliphatic carbocycles. The minimum atomic E-state index is -0.928. The van der Waals surface area contributed by atoms with Gasteiger partial charge in [0.1, 0.15) is 11.9 Å². The summed E-state index contributed by atoms with van der Waals surface area (Å²) in [5.41, 5.74) is 5.42. The van der Waals surface area contributed by atoms with Gasteiger partial charge in [0.05, 0.1) is 0 Å². The third-order valence-electron chi connectivity index (χ3n) is 2.62. The van der Waals surface area contributed by atoms with Gasteiger partial charge in [-0.05, 0) is 31.4 Å². The first-order valence-electron chi connectivity index (χ1n) is 5.72. The second kappa shape index (κ2) is 6.85. The van der Waals surface area contributed by atoms with Crippen molar-refractivity contribution < 1.29 is 9.90 Å². The zero-order valence-electron chi connectivity index (χ0n) is 10.0. The van der Waals surface area contributed by atoms with Gasteiger partial charge in [-0.25, -0.2) is 4.98 Å². The van der Waals surface area contributed by atoms with E-state index in [4.69, 9.17) is 10.8 Å². The highest BCUT2D eigenvalue weighted by molar-refractivity contribution is 5.72. The second-order valence-electron chi connectivity index (χ2n) is 4.05. The van der Waals surface area contributed by atoms with E-state index in [0.29, 0.717) is 6.42 Å². The molecule has 5 heteroatoms. The molecule has 0 radical (unpaired) electrons. The van der Waals surface area contributed by atoms with Crippen LogP contribution in [-0.4, -0.2) is 35.7 Å². The van der Waals surface area contributed by atoms with Gasteiger partial charge in [0, 0.05) is 19.8 Å². The Bertz CT molecular complexity index is 343. The van der Waals surface area contributed by atoms with Crippen LogP contribution < -0.4 is 10.6 Å². The average molecular weight is 237 g/mol. The molecule has 0 amide bonds. The quantitative estimate of drug-likeness (QED) is 0.694. The molecule has 0 aliphatic rings. The number of nitrogens with zero attached hydrogens (tertiary/aromatic N) is 2. The Labute approximate surface area is 101 Å². The van der Waals surface area contributed by atoms with Crippen LogP contribution in [0.1, 0.15) is 19.3 Å². The lowest BCUT2D eigenvalue weighted by Crippen LogP contribution is -2.30. The predicted molar refractivity (Wildman–Crippen MR) is 67.0 cm³/mol. The number of carboxylic acid groups (broad SMARTS) is 1. The molecular weight excluding hydrogens is 218 g/mol. The second-order valence-corrected chi connectivity index (χ2v) is 4.05. The largest absolute Gasteiger partial charge is 0.480 e. The summed E-state index contributed by atoms with van der Waals surface area (Å²) in [4.78, 5) is 16.8. The average Bonchev–Trinajstić information content (AvgIpc) is 2.35. The minimum Gasteiger partial charge on any atom is -0.480 e. The molecule has 1 atom stereocenters. The van der Waals surface area contributed by atoms with E-state index in [9.17, 15) is 4.79 Å². The molecule has 0 saturated carbocycles. The summed E-state index contributed by atoms with van der Waals surface area (Å²) in [6.45, 7) is 0.851. The molecule has 0 unspecified atom stereocenters. The van der Waals surface area contributed by atoms with Crippen LogP contribution in [0.4, 0.5) is 5.82 Å². The molecule has 0 aromatic carbocycles. The van der Waals surface area contributed by atoms with Crippen LogP contribution in [0.3, 0.4) is 0 Å². The van der Waals surface area contributed by atoms with Crippen molar-refractivity contribution in [2.24, 2.45) is 5.73 Å². The zero-order chi connectivity index (χ0) is 12.7. The minimum absolute atomic E-state index is 0.519. The molecule has 0 aliphatic heterocycles. The van der Waals surface area contributed by atoms with Crippen LogP contribution >= 0.6 is 0 Å². The van der Waals surface area contributed by atoms with E-state index < -0.39 is 12.0 Å². The van der Waals surface area contributed by atoms with Crippen LogP contribution in [0.25, 0.3) is 0 Å². The maximum atomic E-state index is 10.5. The molecule has 17 heavy (non-hydrogen) atoms. The van der Waals surface area contributed by atoms with E-state index in [2.05, 4.69) is 4.98 Å². The fraction of sp³-hybridized carbons (Fsp3) is 0.500. The van der Waals surface area contributed by atoms with E-state index in [1.807, 2.05) is 30.1 Å². The molecule has 0 bridgehead atoms. The van der Waals surface area contributed by atoms with Gasteiger partial charge < -0.3 is 15.7 Å². The molecular formula is C12H19N3O2. The lowest BCUT2D eigenvalue weighted by molar-refractivity contribution is -0.138. The fourth-order valence-electron chi connectivity index (χ4n) is 1.53. The lowest BCUT2D eigenvalue weighted by atomic mass is 10.1. The van der Waals surface area contributed by atoms with Crippen molar-refractivity contribution >= 4 is 11.8 Å². The number of anilines is 1. The lowest BCUT2D eigenvalue weighted by Gasteiger charge is -2.17. The Morgan fingerprint density at radius 2 is 2.29 bits per heavy atom. The monoisotopic (exact) mass is 237 g/mol. The van der Waals surface area contributed by atoms with E-state index in [1.54, 1.807) is 6.20 Å². The summed E-state index contributed by atoms with van der Waals surface area (Å²) in [5, 5.41) is 8.62. The number of carboxylic acids is 1. The highest BCUT2D eigenvalue weighted by Gasteiger charge is 2.10. The number of hydrogen-bond donors (Lipinski definition) is 2. The Kier molecular flexibility index (Phi) is 5.42. The van der Waals surface area contributed by atoms with Crippen molar-refractivity contribution in [1.29, 1.82) is 0 Å². The Morgan fingerprint density at radius 3 is 2.88 bits per heavy atom. The Balaban J connectivity index is 2.21. The van der Waals surface area contributed by atoms with Crippen LogP contribution in [0.15, 0.2) is 24.4 Å². The molecule has 5 nitrogen and oxygen atoms in total. The molecule has 1 rings (SSSR count). The highest BCUT2D eigenvalue weighted by atomic mass is 16.4. The van der Waals surface area contributed by atoms with Crippen molar-refractivity contribution in [2.75, 3.05) is 18.5 Å². The first kappa shape index (κ1) is 13.4. The first-order chi connectivity index (χ1) is 8.11. The third kappa shape index (κ3) is 4.82. The van der Waals surface area contributed by atoms with Gasteiger partial charge in [-0.2, -0.15) is 0 Å². The number of unbranched alkanes of at least 4 members (excludes halogenated alkanes) is 1. The standard InChI is InChI=1S/C12H19N3O2/c1-15(11-7-2-4-8-14-11)9-5-3-6-10(13)12(16)17/h2,4,7-8,10H,3,5-6,9,13H2,1H3,(H,16,17)/t10-/m0/s1.